The number of rotatable bonds is 2. The fourth-order valence-corrected chi connectivity index (χ4v) is 1.60. The molecule has 4 heteroatoms. The molecule has 1 aromatic rings. The molecule has 0 radical (unpaired) electrons. The summed E-state index contributed by atoms with van der Waals surface area (Å²) in [6.07, 6.45) is 0.506. The monoisotopic (exact) mass is 255 g/mol. The summed E-state index contributed by atoms with van der Waals surface area (Å²) in [5.74, 6) is 0. The van der Waals surface area contributed by atoms with Gasteiger partial charge in [-0.15, -0.1) is 0 Å². The van der Waals surface area contributed by atoms with Crippen LogP contribution < -0.4 is 0 Å². The van der Waals surface area contributed by atoms with Crippen molar-refractivity contribution in [2.75, 3.05) is 6.61 Å². The Labute approximate surface area is 90.5 Å². The molecule has 0 unspecified atom stereocenters. The smallest absolute Gasteiger partial charge is 0.156 e. The van der Waals surface area contributed by atoms with E-state index in [0.29, 0.717) is 6.42 Å². The van der Waals surface area contributed by atoms with Gasteiger partial charge in [0.2, 0.25) is 0 Å². The van der Waals surface area contributed by atoms with Crippen LogP contribution in [0, 0.1) is 0 Å². The third kappa shape index (κ3) is 1.96. The summed E-state index contributed by atoms with van der Waals surface area (Å²) in [6, 6.07) is 7.88. The molecule has 0 saturated carbocycles. The predicted octanol–water partition coefficient (Wildman–Crippen LogP) is 1.93. The number of hydrogen-bond acceptors (Lipinski definition) is 3. The Kier molecular flexibility index (Phi) is 2.84. The number of oxime groups is 1. The van der Waals surface area contributed by atoms with Gasteiger partial charge in [-0.2, -0.15) is 0 Å². The van der Waals surface area contributed by atoms with Crippen molar-refractivity contribution in [3.05, 3.63) is 34.3 Å². The number of aliphatic hydroxyl groups is 1. The average Bonchev–Trinajstić information content (AvgIpc) is 2.67. The van der Waals surface area contributed by atoms with Gasteiger partial charge in [0.25, 0.3) is 0 Å². The average molecular weight is 256 g/mol. The quantitative estimate of drug-likeness (QED) is 0.878. The maximum Gasteiger partial charge on any atom is 0.156 e. The van der Waals surface area contributed by atoms with Crippen molar-refractivity contribution in [1.29, 1.82) is 0 Å². The zero-order valence-electron chi connectivity index (χ0n) is 7.48. The molecule has 0 saturated heterocycles. The van der Waals surface area contributed by atoms with E-state index in [0.717, 1.165) is 15.7 Å². The second-order valence-electron chi connectivity index (χ2n) is 3.16. The fraction of sp³-hybridized carbons (Fsp3) is 0.300. The summed E-state index contributed by atoms with van der Waals surface area (Å²) in [5, 5.41) is 12.8. The van der Waals surface area contributed by atoms with E-state index in [9.17, 15) is 0 Å². The maximum atomic E-state index is 8.87. The SMILES string of the molecule is OC[C@@H]1CC(c2ccc(Br)cc2)=NO1. The second-order valence-corrected chi connectivity index (χ2v) is 4.07. The standard InChI is InChI=1S/C10H10BrNO2/c11-8-3-1-7(2-4-8)10-5-9(6-13)14-12-10/h1-4,9,13H,5-6H2/t9-/m0/s1. The molecule has 0 bridgehead atoms. The van der Waals surface area contributed by atoms with Crippen molar-refractivity contribution in [2.24, 2.45) is 5.16 Å². The first-order valence-corrected chi connectivity index (χ1v) is 5.18. The minimum absolute atomic E-state index is 0.0174. The van der Waals surface area contributed by atoms with Gasteiger partial charge in [0.05, 0.1) is 12.3 Å². The number of nitrogens with zero attached hydrogens (tertiary/aromatic N) is 1. The highest BCUT2D eigenvalue weighted by atomic mass is 79.9. The van der Waals surface area contributed by atoms with E-state index in [1.54, 1.807) is 0 Å². The van der Waals surface area contributed by atoms with Crippen LogP contribution in [0.15, 0.2) is 33.9 Å². The van der Waals surface area contributed by atoms with Crippen LogP contribution in [-0.2, 0) is 4.84 Å². The molecular formula is C10H10BrNO2. The van der Waals surface area contributed by atoms with E-state index >= 15 is 0 Å². The van der Waals surface area contributed by atoms with Crippen molar-refractivity contribution in [3.63, 3.8) is 0 Å². The van der Waals surface area contributed by atoms with Gasteiger partial charge < -0.3 is 9.94 Å². The molecule has 14 heavy (non-hydrogen) atoms. The van der Waals surface area contributed by atoms with Crippen LogP contribution in [0.4, 0.5) is 0 Å². The number of halogens is 1. The van der Waals surface area contributed by atoms with Crippen molar-refractivity contribution < 1.29 is 9.94 Å². The van der Waals surface area contributed by atoms with E-state index in [-0.39, 0.29) is 12.7 Å². The second kappa shape index (κ2) is 4.11. The highest BCUT2D eigenvalue weighted by Gasteiger charge is 2.20. The molecule has 1 atom stereocenters. The van der Waals surface area contributed by atoms with E-state index in [4.69, 9.17) is 9.94 Å². The van der Waals surface area contributed by atoms with Gasteiger partial charge in [0, 0.05) is 10.9 Å². The first-order chi connectivity index (χ1) is 6.79. The molecule has 0 amide bonds. The van der Waals surface area contributed by atoms with Gasteiger partial charge in [0.1, 0.15) is 0 Å². The van der Waals surface area contributed by atoms with Crippen LogP contribution in [0.5, 0.6) is 0 Å². The van der Waals surface area contributed by atoms with Crippen molar-refractivity contribution in [2.45, 2.75) is 12.5 Å². The molecule has 74 valence electrons. The maximum absolute atomic E-state index is 8.87. The Bertz CT molecular complexity index is 348. The highest BCUT2D eigenvalue weighted by molar-refractivity contribution is 9.10. The zero-order valence-corrected chi connectivity index (χ0v) is 9.07. The molecule has 3 nitrogen and oxygen atoms in total. The Hall–Kier alpha value is -0.870. The summed E-state index contributed by atoms with van der Waals surface area (Å²) in [4.78, 5) is 5.03. The number of hydrogen-bond donors (Lipinski definition) is 1. The van der Waals surface area contributed by atoms with Gasteiger partial charge in [-0.05, 0) is 17.7 Å². The molecule has 1 N–H and O–H groups in total. The predicted molar refractivity (Wildman–Crippen MR) is 57.3 cm³/mol. The number of aliphatic hydroxyl groups excluding tert-OH is 1. The molecule has 1 heterocycles. The molecule has 1 aliphatic rings. The highest BCUT2D eigenvalue weighted by Crippen LogP contribution is 2.18. The topological polar surface area (TPSA) is 41.8 Å². The van der Waals surface area contributed by atoms with Gasteiger partial charge in [-0.1, -0.05) is 33.2 Å². The Morgan fingerprint density at radius 2 is 2.14 bits per heavy atom. The summed E-state index contributed by atoms with van der Waals surface area (Å²) in [7, 11) is 0. The minimum atomic E-state index is -0.173. The van der Waals surface area contributed by atoms with Gasteiger partial charge in [-0.3, -0.25) is 0 Å². The van der Waals surface area contributed by atoms with Gasteiger partial charge in [-0.25, -0.2) is 0 Å². The molecule has 1 aliphatic heterocycles. The van der Waals surface area contributed by atoms with Crippen molar-refractivity contribution >= 4 is 21.6 Å². The third-order valence-corrected chi connectivity index (χ3v) is 2.64. The van der Waals surface area contributed by atoms with Crippen LogP contribution in [0.2, 0.25) is 0 Å². The van der Waals surface area contributed by atoms with E-state index in [2.05, 4.69) is 21.1 Å². The zero-order chi connectivity index (χ0) is 9.97. The Morgan fingerprint density at radius 1 is 1.43 bits per heavy atom. The minimum Gasteiger partial charge on any atom is -0.392 e. The van der Waals surface area contributed by atoms with Crippen LogP contribution in [0.25, 0.3) is 0 Å². The Balaban J connectivity index is 2.13. The van der Waals surface area contributed by atoms with Crippen LogP contribution in [0.3, 0.4) is 0 Å². The normalized spacial score (nSPS) is 20.4. The lowest BCUT2D eigenvalue weighted by Gasteiger charge is -2.01. The molecule has 0 aromatic heterocycles. The molecule has 0 spiro atoms. The first-order valence-electron chi connectivity index (χ1n) is 4.39. The molecule has 0 fully saturated rings. The summed E-state index contributed by atoms with van der Waals surface area (Å²) in [5.41, 5.74) is 1.95. The van der Waals surface area contributed by atoms with E-state index in [1.165, 1.54) is 0 Å². The van der Waals surface area contributed by atoms with Crippen LogP contribution >= 0.6 is 15.9 Å². The lowest BCUT2D eigenvalue weighted by molar-refractivity contribution is 0.0390. The fourth-order valence-electron chi connectivity index (χ4n) is 1.34. The molecule has 2 rings (SSSR count). The van der Waals surface area contributed by atoms with E-state index < -0.39 is 0 Å². The molecular weight excluding hydrogens is 246 g/mol. The Morgan fingerprint density at radius 3 is 2.71 bits per heavy atom. The lowest BCUT2D eigenvalue weighted by atomic mass is 10.1. The summed E-state index contributed by atoms with van der Waals surface area (Å²) < 4.78 is 1.04. The lowest BCUT2D eigenvalue weighted by Crippen LogP contribution is -2.12. The number of benzene rings is 1. The summed E-state index contributed by atoms with van der Waals surface area (Å²) >= 11 is 3.37. The van der Waals surface area contributed by atoms with Crippen LogP contribution in [-0.4, -0.2) is 23.5 Å². The molecule has 0 aliphatic carbocycles. The molecule has 1 aromatic carbocycles. The van der Waals surface area contributed by atoms with Crippen molar-refractivity contribution in [3.8, 4) is 0 Å². The van der Waals surface area contributed by atoms with Gasteiger partial charge in [0.15, 0.2) is 6.10 Å². The van der Waals surface area contributed by atoms with Gasteiger partial charge >= 0.3 is 0 Å². The van der Waals surface area contributed by atoms with E-state index in [1.807, 2.05) is 24.3 Å². The summed E-state index contributed by atoms with van der Waals surface area (Å²) in [6.45, 7) is 0.0174. The largest absolute Gasteiger partial charge is 0.392 e. The van der Waals surface area contributed by atoms with Crippen LogP contribution in [0.1, 0.15) is 12.0 Å². The third-order valence-electron chi connectivity index (χ3n) is 2.11. The first kappa shape index (κ1) is 9.68. The van der Waals surface area contributed by atoms with Crippen molar-refractivity contribution in [1.82, 2.24) is 0 Å².